The maximum Gasteiger partial charge on any atom is 0.274 e. The summed E-state index contributed by atoms with van der Waals surface area (Å²) in [6, 6.07) is 17.2. The molecule has 0 unspecified atom stereocenters. The summed E-state index contributed by atoms with van der Waals surface area (Å²) in [5.41, 5.74) is 1.69. The SMILES string of the molecule is O=C(Nc1ccc2c(c1)OCO2)c1ccnc(C(=O)Nc2ccccc2)c1. The summed E-state index contributed by atoms with van der Waals surface area (Å²) in [6.07, 6.45) is 1.43. The average Bonchev–Trinajstić information content (AvgIpc) is 3.16. The van der Waals surface area contributed by atoms with E-state index in [0.717, 1.165) is 0 Å². The monoisotopic (exact) mass is 361 g/mol. The van der Waals surface area contributed by atoms with Gasteiger partial charge in [-0.3, -0.25) is 14.6 Å². The molecule has 134 valence electrons. The van der Waals surface area contributed by atoms with E-state index >= 15 is 0 Å². The summed E-state index contributed by atoms with van der Waals surface area (Å²) in [6.45, 7) is 0.164. The third kappa shape index (κ3) is 3.72. The molecule has 3 aromatic rings. The molecule has 0 fully saturated rings. The van der Waals surface area contributed by atoms with Crippen molar-refractivity contribution in [3.63, 3.8) is 0 Å². The van der Waals surface area contributed by atoms with Crippen molar-refractivity contribution in [2.75, 3.05) is 17.4 Å². The Morgan fingerprint density at radius 2 is 1.59 bits per heavy atom. The molecular formula is C20H15N3O4. The molecule has 0 bridgehead atoms. The van der Waals surface area contributed by atoms with Gasteiger partial charge in [0, 0.05) is 29.2 Å². The highest BCUT2D eigenvalue weighted by Gasteiger charge is 2.16. The standard InChI is InChI=1S/C20H15N3O4/c24-19(23-15-6-7-17-18(11-15)27-12-26-17)13-8-9-21-16(10-13)20(25)22-14-4-2-1-3-5-14/h1-11H,12H2,(H,22,25)(H,23,24). The first-order valence-corrected chi connectivity index (χ1v) is 8.22. The number of benzene rings is 2. The molecule has 1 aliphatic rings. The van der Waals surface area contributed by atoms with E-state index in [1.807, 2.05) is 18.2 Å². The molecule has 27 heavy (non-hydrogen) atoms. The Hall–Kier alpha value is -3.87. The molecule has 2 heterocycles. The number of rotatable bonds is 4. The smallest absolute Gasteiger partial charge is 0.274 e. The summed E-state index contributed by atoms with van der Waals surface area (Å²) < 4.78 is 10.5. The third-order valence-electron chi connectivity index (χ3n) is 3.92. The second-order valence-electron chi connectivity index (χ2n) is 5.77. The topological polar surface area (TPSA) is 89.6 Å². The van der Waals surface area contributed by atoms with Crippen molar-refractivity contribution in [1.29, 1.82) is 0 Å². The maximum absolute atomic E-state index is 12.5. The first-order valence-electron chi connectivity index (χ1n) is 8.22. The van der Waals surface area contributed by atoms with Crippen molar-refractivity contribution < 1.29 is 19.1 Å². The summed E-state index contributed by atoms with van der Waals surface area (Å²) >= 11 is 0. The number of ether oxygens (including phenoxy) is 2. The number of hydrogen-bond donors (Lipinski definition) is 2. The van der Waals surface area contributed by atoms with Crippen molar-refractivity contribution in [3.8, 4) is 11.5 Å². The molecule has 0 atom stereocenters. The van der Waals surface area contributed by atoms with E-state index in [0.29, 0.717) is 28.4 Å². The zero-order valence-corrected chi connectivity index (χ0v) is 14.1. The van der Waals surface area contributed by atoms with Crippen molar-refractivity contribution in [1.82, 2.24) is 4.98 Å². The van der Waals surface area contributed by atoms with Crippen LogP contribution in [-0.2, 0) is 0 Å². The predicted octanol–water partition coefficient (Wildman–Crippen LogP) is 3.31. The van der Waals surface area contributed by atoms with Gasteiger partial charge in [0.2, 0.25) is 6.79 Å². The number of carbonyl (C=O) groups excluding carboxylic acids is 2. The average molecular weight is 361 g/mol. The minimum Gasteiger partial charge on any atom is -0.454 e. The molecule has 1 aromatic heterocycles. The number of para-hydroxylation sites is 1. The molecule has 0 aliphatic carbocycles. The Morgan fingerprint density at radius 1 is 0.815 bits per heavy atom. The Labute approximate surface area is 155 Å². The summed E-state index contributed by atoms with van der Waals surface area (Å²) in [5, 5.41) is 5.51. The molecular weight excluding hydrogens is 346 g/mol. The van der Waals surface area contributed by atoms with Gasteiger partial charge < -0.3 is 20.1 Å². The molecule has 0 radical (unpaired) electrons. The van der Waals surface area contributed by atoms with E-state index < -0.39 is 0 Å². The number of nitrogens with zero attached hydrogens (tertiary/aromatic N) is 1. The molecule has 1 aliphatic heterocycles. The molecule has 0 saturated heterocycles. The molecule has 4 rings (SSSR count). The van der Waals surface area contributed by atoms with Crippen LogP contribution in [0.15, 0.2) is 66.9 Å². The van der Waals surface area contributed by atoms with Gasteiger partial charge in [-0.05, 0) is 36.4 Å². The molecule has 7 heteroatoms. The van der Waals surface area contributed by atoms with Crippen LogP contribution in [0, 0.1) is 0 Å². The first-order chi connectivity index (χ1) is 13.2. The number of anilines is 2. The third-order valence-corrected chi connectivity index (χ3v) is 3.92. The van der Waals surface area contributed by atoms with Crippen LogP contribution in [0.3, 0.4) is 0 Å². The van der Waals surface area contributed by atoms with E-state index in [4.69, 9.17) is 9.47 Å². The van der Waals surface area contributed by atoms with Gasteiger partial charge in [0.15, 0.2) is 11.5 Å². The van der Waals surface area contributed by atoms with Crippen molar-refractivity contribution in [3.05, 3.63) is 78.1 Å². The lowest BCUT2D eigenvalue weighted by atomic mass is 10.2. The number of amides is 2. The van der Waals surface area contributed by atoms with Gasteiger partial charge >= 0.3 is 0 Å². The highest BCUT2D eigenvalue weighted by molar-refractivity contribution is 6.07. The van der Waals surface area contributed by atoms with Gasteiger partial charge in [-0.25, -0.2) is 0 Å². The number of fused-ring (bicyclic) bond motifs is 1. The van der Waals surface area contributed by atoms with E-state index in [2.05, 4.69) is 15.6 Å². The van der Waals surface area contributed by atoms with Crippen molar-refractivity contribution in [2.24, 2.45) is 0 Å². The molecule has 0 saturated carbocycles. The van der Waals surface area contributed by atoms with Crippen LogP contribution in [0.25, 0.3) is 0 Å². The van der Waals surface area contributed by atoms with Gasteiger partial charge in [0.25, 0.3) is 11.8 Å². The first kappa shape index (κ1) is 16.6. The quantitative estimate of drug-likeness (QED) is 0.744. The van der Waals surface area contributed by atoms with Crippen LogP contribution in [-0.4, -0.2) is 23.6 Å². The van der Waals surface area contributed by atoms with E-state index in [1.165, 1.54) is 12.3 Å². The molecule has 7 nitrogen and oxygen atoms in total. The van der Waals surface area contributed by atoms with Crippen LogP contribution in [0.2, 0.25) is 0 Å². The van der Waals surface area contributed by atoms with Crippen LogP contribution >= 0.6 is 0 Å². The number of carbonyl (C=O) groups is 2. The molecule has 2 N–H and O–H groups in total. The summed E-state index contributed by atoms with van der Waals surface area (Å²) in [4.78, 5) is 28.9. The zero-order valence-electron chi connectivity index (χ0n) is 14.1. The number of nitrogens with one attached hydrogen (secondary N) is 2. The summed E-state index contributed by atoms with van der Waals surface area (Å²) in [5.74, 6) is 0.464. The summed E-state index contributed by atoms with van der Waals surface area (Å²) in [7, 11) is 0. The highest BCUT2D eigenvalue weighted by Crippen LogP contribution is 2.34. The normalized spacial score (nSPS) is 11.7. The zero-order chi connectivity index (χ0) is 18.6. The Bertz CT molecular complexity index is 1010. The largest absolute Gasteiger partial charge is 0.454 e. The van der Waals surface area contributed by atoms with Crippen molar-refractivity contribution >= 4 is 23.2 Å². The van der Waals surface area contributed by atoms with Crippen LogP contribution < -0.4 is 20.1 Å². The van der Waals surface area contributed by atoms with Gasteiger partial charge in [0.05, 0.1) is 0 Å². The fourth-order valence-corrected chi connectivity index (χ4v) is 2.59. The number of pyridine rings is 1. The van der Waals surface area contributed by atoms with Crippen LogP contribution in [0.5, 0.6) is 11.5 Å². The predicted molar refractivity (Wildman–Crippen MR) is 99.2 cm³/mol. The fourth-order valence-electron chi connectivity index (χ4n) is 2.59. The minimum absolute atomic E-state index is 0.150. The van der Waals surface area contributed by atoms with Gasteiger partial charge in [0.1, 0.15) is 5.69 Å². The Kier molecular flexibility index (Phi) is 4.40. The van der Waals surface area contributed by atoms with Crippen LogP contribution in [0.1, 0.15) is 20.8 Å². The molecule has 0 spiro atoms. The second kappa shape index (κ2) is 7.17. The number of aromatic nitrogens is 1. The highest BCUT2D eigenvalue weighted by atomic mass is 16.7. The lowest BCUT2D eigenvalue weighted by Gasteiger charge is -2.08. The van der Waals surface area contributed by atoms with E-state index in [1.54, 1.807) is 36.4 Å². The van der Waals surface area contributed by atoms with E-state index in [-0.39, 0.29) is 24.3 Å². The van der Waals surface area contributed by atoms with Gasteiger partial charge in [-0.1, -0.05) is 18.2 Å². The van der Waals surface area contributed by atoms with Crippen molar-refractivity contribution in [2.45, 2.75) is 0 Å². The fraction of sp³-hybridized carbons (Fsp3) is 0.0500. The lowest BCUT2D eigenvalue weighted by Crippen LogP contribution is -2.17. The van der Waals surface area contributed by atoms with Gasteiger partial charge in [-0.15, -0.1) is 0 Å². The van der Waals surface area contributed by atoms with E-state index in [9.17, 15) is 9.59 Å². The van der Waals surface area contributed by atoms with Crippen LogP contribution in [0.4, 0.5) is 11.4 Å². The lowest BCUT2D eigenvalue weighted by molar-refractivity contribution is 0.102. The second-order valence-corrected chi connectivity index (χ2v) is 5.77. The number of hydrogen-bond acceptors (Lipinski definition) is 5. The Balaban J connectivity index is 1.48. The molecule has 2 amide bonds. The molecule has 2 aromatic carbocycles. The Morgan fingerprint density at radius 3 is 2.44 bits per heavy atom. The maximum atomic E-state index is 12.5. The van der Waals surface area contributed by atoms with Gasteiger partial charge in [-0.2, -0.15) is 0 Å². The minimum atomic E-state index is -0.390.